The summed E-state index contributed by atoms with van der Waals surface area (Å²) in [7, 11) is 1.41. The summed E-state index contributed by atoms with van der Waals surface area (Å²) in [5.41, 5.74) is 0. The van der Waals surface area contributed by atoms with Crippen LogP contribution in [-0.4, -0.2) is 81.0 Å². The second kappa shape index (κ2) is 7.57. The third-order valence-corrected chi connectivity index (χ3v) is 2.43. The van der Waals surface area contributed by atoms with Crippen molar-refractivity contribution in [2.75, 3.05) is 20.2 Å². The first kappa shape index (κ1) is 16.3. The number of carbonyl (C=O) groups excluding carboxylic acids is 1. The van der Waals surface area contributed by atoms with E-state index in [-0.39, 0.29) is 18.9 Å². The Morgan fingerprint density at radius 3 is 2.06 bits per heavy atom. The predicted octanol–water partition coefficient (Wildman–Crippen LogP) is -2.90. The van der Waals surface area contributed by atoms with Crippen LogP contribution >= 0.6 is 0 Å². The number of hydrogen-bond acceptors (Lipinski definition) is 6. The SMILES string of the molecule is [CH2]CC(=O)N(C)C[C@H](O)[C@@H](O)[C@H](O)[C@H](O)CO. The molecule has 0 aromatic heterocycles. The first-order valence-electron chi connectivity index (χ1n) is 5.21. The molecule has 7 heteroatoms. The quantitative estimate of drug-likeness (QED) is 0.330. The maximum Gasteiger partial charge on any atom is 0.222 e. The number of amides is 1. The minimum absolute atomic E-state index is 0.0150. The Hall–Kier alpha value is -0.730. The van der Waals surface area contributed by atoms with Crippen LogP contribution in [0.3, 0.4) is 0 Å². The minimum Gasteiger partial charge on any atom is -0.394 e. The van der Waals surface area contributed by atoms with Gasteiger partial charge < -0.3 is 30.4 Å². The van der Waals surface area contributed by atoms with Crippen molar-refractivity contribution in [3.8, 4) is 0 Å². The molecule has 0 aromatic rings. The molecule has 0 aliphatic heterocycles. The van der Waals surface area contributed by atoms with E-state index in [1.54, 1.807) is 0 Å². The standard InChI is InChI=1S/C10H20NO6/c1-3-8(15)11(2)4-6(13)9(16)10(17)7(14)5-12/h6-7,9-10,12-14,16-17H,1,3-5H2,2H3/t6-,7+,9+,10+/m0/s1. The molecule has 0 unspecified atom stereocenters. The molecule has 0 saturated carbocycles. The average molecular weight is 250 g/mol. The van der Waals surface area contributed by atoms with E-state index in [9.17, 15) is 20.1 Å². The van der Waals surface area contributed by atoms with E-state index in [1.165, 1.54) is 7.05 Å². The summed E-state index contributed by atoms with van der Waals surface area (Å²) in [5.74, 6) is -0.326. The Balaban J connectivity index is 4.30. The Bertz CT molecular complexity index is 237. The van der Waals surface area contributed by atoms with E-state index in [4.69, 9.17) is 10.2 Å². The van der Waals surface area contributed by atoms with Gasteiger partial charge in [-0.25, -0.2) is 0 Å². The van der Waals surface area contributed by atoms with Crippen LogP contribution in [0.25, 0.3) is 0 Å². The number of carbonyl (C=O) groups is 1. The summed E-state index contributed by atoms with van der Waals surface area (Å²) in [6.07, 6.45) is -6.29. The fraction of sp³-hybridized carbons (Fsp3) is 0.800. The highest BCUT2D eigenvalue weighted by atomic mass is 16.4. The lowest BCUT2D eigenvalue weighted by Crippen LogP contribution is -2.49. The summed E-state index contributed by atoms with van der Waals surface area (Å²) >= 11 is 0. The van der Waals surface area contributed by atoms with Gasteiger partial charge in [-0.05, 0) is 6.92 Å². The van der Waals surface area contributed by atoms with Crippen molar-refractivity contribution >= 4 is 5.91 Å². The van der Waals surface area contributed by atoms with Crippen molar-refractivity contribution in [1.82, 2.24) is 4.90 Å². The van der Waals surface area contributed by atoms with Gasteiger partial charge in [0, 0.05) is 20.0 Å². The maximum absolute atomic E-state index is 11.1. The zero-order valence-electron chi connectivity index (χ0n) is 9.73. The van der Waals surface area contributed by atoms with Gasteiger partial charge in [0.05, 0.1) is 6.61 Å². The Kier molecular flexibility index (Phi) is 7.24. The molecule has 1 radical (unpaired) electrons. The van der Waals surface area contributed by atoms with Gasteiger partial charge in [0.1, 0.15) is 24.4 Å². The fourth-order valence-corrected chi connectivity index (χ4v) is 1.24. The van der Waals surface area contributed by atoms with Gasteiger partial charge in [-0.1, -0.05) is 0 Å². The average Bonchev–Trinajstić information content (AvgIpc) is 2.34. The van der Waals surface area contributed by atoms with Crippen LogP contribution in [0, 0.1) is 6.92 Å². The van der Waals surface area contributed by atoms with Crippen molar-refractivity contribution in [1.29, 1.82) is 0 Å². The molecule has 0 saturated heterocycles. The van der Waals surface area contributed by atoms with E-state index >= 15 is 0 Å². The Morgan fingerprint density at radius 2 is 1.65 bits per heavy atom. The van der Waals surface area contributed by atoms with Gasteiger partial charge in [-0.15, -0.1) is 0 Å². The third kappa shape index (κ3) is 4.97. The summed E-state index contributed by atoms with van der Waals surface area (Å²) in [4.78, 5) is 12.3. The van der Waals surface area contributed by atoms with E-state index < -0.39 is 31.0 Å². The van der Waals surface area contributed by atoms with Crippen molar-refractivity contribution in [2.45, 2.75) is 30.8 Å². The highest BCUT2D eigenvalue weighted by Crippen LogP contribution is 2.06. The van der Waals surface area contributed by atoms with Gasteiger partial charge in [-0.3, -0.25) is 4.79 Å². The Morgan fingerprint density at radius 1 is 1.18 bits per heavy atom. The van der Waals surface area contributed by atoms with Crippen molar-refractivity contribution in [3.05, 3.63) is 6.92 Å². The lowest BCUT2D eigenvalue weighted by molar-refractivity contribution is -0.137. The van der Waals surface area contributed by atoms with Gasteiger partial charge in [0.15, 0.2) is 0 Å². The van der Waals surface area contributed by atoms with Crippen LogP contribution in [0.1, 0.15) is 6.42 Å². The molecule has 0 rings (SSSR count). The summed E-state index contributed by atoms with van der Waals surface area (Å²) in [6, 6.07) is 0. The molecule has 0 aromatic carbocycles. The van der Waals surface area contributed by atoms with E-state index in [0.29, 0.717) is 0 Å². The van der Waals surface area contributed by atoms with Crippen molar-refractivity contribution < 1.29 is 30.3 Å². The lowest BCUT2D eigenvalue weighted by Gasteiger charge is -2.28. The highest BCUT2D eigenvalue weighted by Gasteiger charge is 2.30. The van der Waals surface area contributed by atoms with Crippen LogP contribution in [0.2, 0.25) is 0 Å². The van der Waals surface area contributed by atoms with Crippen LogP contribution < -0.4 is 0 Å². The molecule has 1 amide bonds. The number of likely N-dealkylation sites (N-methyl/N-ethyl adjacent to an activating group) is 1. The predicted molar refractivity (Wildman–Crippen MR) is 58.7 cm³/mol. The number of nitrogens with zero attached hydrogens (tertiary/aromatic N) is 1. The molecule has 0 aliphatic carbocycles. The summed E-state index contributed by atoms with van der Waals surface area (Å²) in [5, 5.41) is 46.0. The molecule has 5 N–H and O–H groups in total. The fourth-order valence-electron chi connectivity index (χ4n) is 1.24. The zero-order chi connectivity index (χ0) is 13.6. The third-order valence-electron chi connectivity index (χ3n) is 2.43. The van der Waals surface area contributed by atoms with Gasteiger partial charge in [0.25, 0.3) is 0 Å². The highest BCUT2D eigenvalue weighted by molar-refractivity contribution is 5.76. The number of rotatable bonds is 7. The second-order valence-corrected chi connectivity index (χ2v) is 3.82. The molecular weight excluding hydrogens is 230 g/mol. The first-order valence-corrected chi connectivity index (χ1v) is 5.21. The number of aliphatic hydroxyl groups excluding tert-OH is 5. The van der Waals surface area contributed by atoms with Crippen molar-refractivity contribution in [3.63, 3.8) is 0 Å². The molecule has 0 spiro atoms. The number of hydrogen-bond donors (Lipinski definition) is 5. The molecule has 17 heavy (non-hydrogen) atoms. The smallest absolute Gasteiger partial charge is 0.222 e. The summed E-state index contributed by atoms with van der Waals surface area (Å²) < 4.78 is 0. The van der Waals surface area contributed by atoms with E-state index in [0.717, 1.165) is 4.90 Å². The summed E-state index contributed by atoms with van der Waals surface area (Å²) in [6.45, 7) is 2.44. The van der Waals surface area contributed by atoms with Crippen LogP contribution in [0.15, 0.2) is 0 Å². The molecule has 0 bridgehead atoms. The largest absolute Gasteiger partial charge is 0.394 e. The maximum atomic E-state index is 11.1. The van der Waals surface area contributed by atoms with Crippen molar-refractivity contribution in [2.24, 2.45) is 0 Å². The van der Waals surface area contributed by atoms with Crippen LogP contribution in [0.4, 0.5) is 0 Å². The van der Waals surface area contributed by atoms with Crippen LogP contribution in [-0.2, 0) is 4.79 Å². The monoisotopic (exact) mass is 250 g/mol. The Labute approximate surface area is 99.9 Å². The molecule has 4 atom stereocenters. The molecule has 0 aliphatic rings. The van der Waals surface area contributed by atoms with Crippen LogP contribution in [0.5, 0.6) is 0 Å². The minimum atomic E-state index is -1.68. The first-order chi connectivity index (χ1) is 7.84. The zero-order valence-corrected chi connectivity index (χ0v) is 9.73. The van der Waals surface area contributed by atoms with E-state index in [1.807, 2.05) is 0 Å². The van der Waals surface area contributed by atoms with Gasteiger partial charge >= 0.3 is 0 Å². The second-order valence-electron chi connectivity index (χ2n) is 3.82. The van der Waals surface area contributed by atoms with E-state index in [2.05, 4.69) is 6.92 Å². The van der Waals surface area contributed by atoms with Gasteiger partial charge in [-0.2, -0.15) is 0 Å². The number of aliphatic hydroxyl groups is 5. The van der Waals surface area contributed by atoms with Gasteiger partial charge in [0.2, 0.25) is 5.91 Å². The molecular formula is C10H20NO6. The molecule has 0 heterocycles. The lowest BCUT2D eigenvalue weighted by atomic mass is 10.0. The topological polar surface area (TPSA) is 121 Å². The molecule has 0 fully saturated rings. The normalized spacial score (nSPS) is 18.3. The molecule has 101 valence electrons. The molecule has 7 nitrogen and oxygen atoms in total.